The number of carbonyl (C=O) groups excluding carboxylic acids is 2. The van der Waals surface area contributed by atoms with Gasteiger partial charge in [0.15, 0.2) is 0 Å². The number of alkyl halides is 6. The molecule has 2 heterocycles. The number of nitrogens with one attached hydrogen (secondary N) is 2. The third-order valence-electron chi connectivity index (χ3n) is 8.57. The molecule has 60 heavy (non-hydrogen) atoms. The zero-order valence-electron chi connectivity index (χ0n) is 30.8. The molecule has 0 saturated carbocycles. The molecule has 6 rings (SSSR count). The number of halogens is 7. The summed E-state index contributed by atoms with van der Waals surface area (Å²) < 4.78 is 78.2. The highest BCUT2D eigenvalue weighted by Gasteiger charge is 2.36. The number of carboxylic acid groups (broad SMARTS) is 2. The second kappa shape index (κ2) is 19.3. The highest BCUT2D eigenvalue weighted by Crippen LogP contribution is 2.36. The number of benzene rings is 4. The van der Waals surface area contributed by atoms with Crippen LogP contribution in [0.1, 0.15) is 73.7 Å². The predicted molar refractivity (Wildman–Crippen MR) is 213 cm³/mol. The van der Waals surface area contributed by atoms with Crippen molar-refractivity contribution in [3.8, 4) is 21.1 Å². The third kappa shape index (κ3) is 12.0. The summed E-state index contributed by atoms with van der Waals surface area (Å²) in [6.07, 6.45) is -10.3. The summed E-state index contributed by atoms with van der Waals surface area (Å²) >= 11 is 8.31. The van der Waals surface area contributed by atoms with Crippen LogP contribution in [0, 0.1) is 6.92 Å². The molecule has 10 nitrogen and oxygen atoms in total. The monoisotopic (exact) mass is 888 g/mol. The first-order valence-corrected chi connectivity index (χ1v) is 19.6. The largest absolute Gasteiger partial charge is 0.481 e. The average Bonchev–Trinajstić information content (AvgIpc) is 3.89. The number of amides is 2. The predicted octanol–water partition coefficient (Wildman–Crippen LogP) is 10.5. The zero-order valence-corrected chi connectivity index (χ0v) is 33.2. The van der Waals surface area contributed by atoms with Gasteiger partial charge in [-0.3, -0.25) is 19.2 Å². The molecule has 4 N–H and O–H groups in total. The maximum absolute atomic E-state index is 13.4. The van der Waals surface area contributed by atoms with E-state index in [0.717, 1.165) is 57.8 Å². The van der Waals surface area contributed by atoms with Crippen molar-refractivity contribution in [1.29, 1.82) is 0 Å². The van der Waals surface area contributed by atoms with Crippen molar-refractivity contribution < 1.29 is 55.7 Å². The lowest BCUT2D eigenvalue weighted by atomic mass is 9.97. The van der Waals surface area contributed by atoms with Crippen LogP contribution in [-0.4, -0.2) is 43.9 Å². The molecule has 0 aliphatic carbocycles. The molecular formula is C41H31ClF6N4O6S2. The van der Waals surface area contributed by atoms with Gasteiger partial charge in [0, 0.05) is 26.9 Å². The lowest BCUT2D eigenvalue weighted by molar-refractivity contribution is -0.140. The van der Waals surface area contributed by atoms with E-state index >= 15 is 0 Å². The Morgan fingerprint density at radius 1 is 0.683 bits per heavy atom. The SMILES string of the molecule is Cc1ccccc1-c1nc(C(=O)N[C@@H](CC(=O)O)c2cccc(Cl)c2)cs1.O=C(O)C[C@H](NC(=O)c1csc(-c2ccc(C(F)(F)F)cc2)n1)c1ccccc1C(F)(F)F. The lowest BCUT2D eigenvalue weighted by Gasteiger charge is -2.21. The van der Waals surface area contributed by atoms with E-state index in [1.165, 1.54) is 34.9 Å². The Bertz CT molecular complexity index is 2490. The Hall–Kier alpha value is -6.11. The number of nitrogens with zero attached hydrogens (tertiary/aromatic N) is 2. The molecule has 0 aliphatic heterocycles. The highest BCUT2D eigenvalue weighted by atomic mass is 35.5. The number of hydrogen-bond acceptors (Lipinski definition) is 8. The van der Waals surface area contributed by atoms with Crippen molar-refractivity contribution in [2.24, 2.45) is 0 Å². The number of carboxylic acids is 2. The van der Waals surface area contributed by atoms with E-state index in [0.29, 0.717) is 16.1 Å². The molecule has 0 spiro atoms. The Labute approximate surface area is 350 Å². The van der Waals surface area contributed by atoms with Gasteiger partial charge in [-0.1, -0.05) is 78.3 Å². The summed E-state index contributed by atoms with van der Waals surface area (Å²) in [5.41, 5.74) is 0.661. The minimum atomic E-state index is -4.77. The van der Waals surface area contributed by atoms with Gasteiger partial charge < -0.3 is 20.8 Å². The first-order chi connectivity index (χ1) is 28.3. The number of aryl methyl sites for hydroxylation is 1. The lowest BCUT2D eigenvalue weighted by Crippen LogP contribution is -2.32. The minimum Gasteiger partial charge on any atom is -0.481 e. The third-order valence-corrected chi connectivity index (χ3v) is 10.6. The van der Waals surface area contributed by atoms with E-state index in [1.807, 2.05) is 31.2 Å². The molecule has 2 aromatic heterocycles. The second-order valence-corrected chi connectivity index (χ2v) is 15.0. The molecule has 0 unspecified atom stereocenters. The topological polar surface area (TPSA) is 159 Å². The molecular weight excluding hydrogens is 858 g/mol. The highest BCUT2D eigenvalue weighted by molar-refractivity contribution is 7.13. The molecule has 312 valence electrons. The van der Waals surface area contributed by atoms with Crippen LogP contribution in [0.3, 0.4) is 0 Å². The number of aliphatic carboxylic acids is 2. The molecule has 2 amide bonds. The summed E-state index contributed by atoms with van der Waals surface area (Å²) in [6.45, 7) is 1.98. The number of aromatic nitrogens is 2. The molecule has 19 heteroatoms. The van der Waals surface area contributed by atoms with Crippen molar-refractivity contribution in [3.63, 3.8) is 0 Å². The fourth-order valence-corrected chi connectivity index (χ4v) is 7.61. The minimum absolute atomic E-state index is 0.208. The molecule has 0 radical (unpaired) electrons. The van der Waals surface area contributed by atoms with Gasteiger partial charge in [-0.05, 0) is 53.9 Å². The van der Waals surface area contributed by atoms with E-state index < -0.39 is 71.3 Å². The van der Waals surface area contributed by atoms with Gasteiger partial charge in [-0.25, -0.2) is 9.97 Å². The molecule has 0 saturated heterocycles. The van der Waals surface area contributed by atoms with Crippen molar-refractivity contribution in [2.75, 3.05) is 0 Å². The fourth-order valence-electron chi connectivity index (χ4n) is 5.71. The number of rotatable bonds is 12. The first kappa shape index (κ1) is 45.0. The molecule has 0 fully saturated rings. The average molecular weight is 889 g/mol. The first-order valence-electron chi connectivity index (χ1n) is 17.4. The van der Waals surface area contributed by atoms with Crippen LogP contribution in [0.5, 0.6) is 0 Å². The van der Waals surface area contributed by atoms with Gasteiger partial charge in [0.2, 0.25) is 0 Å². The van der Waals surface area contributed by atoms with E-state index in [4.69, 9.17) is 16.7 Å². The van der Waals surface area contributed by atoms with E-state index in [1.54, 1.807) is 29.6 Å². The van der Waals surface area contributed by atoms with Crippen LogP contribution in [-0.2, 0) is 21.9 Å². The summed E-state index contributed by atoms with van der Waals surface area (Å²) in [5.74, 6) is -3.79. The van der Waals surface area contributed by atoms with Gasteiger partial charge in [0.05, 0.1) is 36.1 Å². The van der Waals surface area contributed by atoms with Crippen molar-refractivity contribution >= 4 is 58.0 Å². The van der Waals surface area contributed by atoms with Crippen molar-refractivity contribution in [3.05, 3.63) is 152 Å². The Kier molecular flexibility index (Phi) is 14.5. The maximum Gasteiger partial charge on any atom is 0.416 e. The fraction of sp³-hybridized carbons (Fsp3) is 0.171. The van der Waals surface area contributed by atoms with Crippen LogP contribution in [0.4, 0.5) is 26.3 Å². The van der Waals surface area contributed by atoms with Crippen LogP contribution < -0.4 is 10.6 Å². The summed E-state index contributed by atoms with van der Waals surface area (Å²) in [7, 11) is 0. The molecule has 0 bridgehead atoms. The van der Waals surface area contributed by atoms with Crippen molar-refractivity contribution in [2.45, 2.75) is 44.2 Å². The Morgan fingerprint density at radius 2 is 1.23 bits per heavy atom. The summed E-state index contributed by atoms with van der Waals surface area (Å²) in [4.78, 5) is 56.1. The van der Waals surface area contributed by atoms with Gasteiger partial charge in [0.25, 0.3) is 11.8 Å². The van der Waals surface area contributed by atoms with Gasteiger partial charge >= 0.3 is 24.3 Å². The standard InChI is InChI=1S/C21H14F6N2O3S.C20H17ClN2O3S/c22-20(23,24)12-7-5-11(6-8-12)19-29-16(10-33-19)18(32)28-15(9-17(30)31)13-3-1-2-4-14(13)21(25,26)27;1-12-5-2-3-8-15(12)20-23-17(11-27-20)19(26)22-16(10-18(24)25)13-6-4-7-14(21)9-13/h1-8,10,15H,9H2,(H,28,32)(H,30,31);2-9,11,16H,10H2,1H3,(H,22,26)(H,24,25)/t15-;16-/m00/s1. The Morgan fingerprint density at radius 3 is 1.82 bits per heavy atom. The quantitative estimate of drug-likeness (QED) is 0.0884. The normalized spacial score (nSPS) is 12.4. The molecule has 6 aromatic rings. The van der Waals surface area contributed by atoms with Crippen LogP contribution >= 0.6 is 34.3 Å². The number of hydrogen-bond donors (Lipinski definition) is 4. The number of carbonyl (C=O) groups is 4. The number of thiazole rings is 2. The second-order valence-electron chi connectivity index (χ2n) is 12.9. The van der Waals surface area contributed by atoms with E-state index in [9.17, 15) is 50.6 Å². The zero-order chi connectivity index (χ0) is 43.8. The van der Waals surface area contributed by atoms with E-state index in [2.05, 4.69) is 20.6 Å². The van der Waals surface area contributed by atoms with Gasteiger partial charge in [0.1, 0.15) is 21.4 Å². The molecule has 2 atom stereocenters. The van der Waals surface area contributed by atoms with E-state index in [-0.39, 0.29) is 22.8 Å². The smallest absolute Gasteiger partial charge is 0.416 e. The van der Waals surface area contributed by atoms with Crippen LogP contribution in [0.15, 0.2) is 108 Å². The summed E-state index contributed by atoms with van der Waals surface area (Å²) in [5, 5.41) is 27.7. The summed E-state index contributed by atoms with van der Waals surface area (Å²) in [6, 6.07) is 20.8. The van der Waals surface area contributed by atoms with Gasteiger partial charge in [-0.2, -0.15) is 26.3 Å². The van der Waals surface area contributed by atoms with Gasteiger partial charge in [-0.15, -0.1) is 22.7 Å². The molecule has 4 aromatic carbocycles. The van der Waals surface area contributed by atoms with Crippen LogP contribution in [0.25, 0.3) is 21.1 Å². The molecule has 0 aliphatic rings. The Balaban J connectivity index is 0.000000232. The van der Waals surface area contributed by atoms with Crippen molar-refractivity contribution in [1.82, 2.24) is 20.6 Å². The maximum atomic E-state index is 13.4. The van der Waals surface area contributed by atoms with Crippen LogP contribution in [0.2, 0.25) is 5.02 Å².